The summed E-state index contributed by atoms with van der Waals surface area (Å²) in [6.07, 6.45) is -1.87. The van der Waals surface area contributed by atoms with Gasteiger partial charge < -0.3 is 19.8 Å². The molecule has 0 atom stereocenters. The van der Waals surface area contributed by atoms with Gasteiger partial charge >= 0.3 is 18.1 Å². The van der Waals surface area contributed by atoms with Crippen molar-refractivity contribution in [3.63, 3.8) is 0 Å². The van der Waals surface area contributed by atoms with E-state index in [0.29, 0.717) is 24.8 Å². The molecule has 1 aromatic carbocycles. The van der Waals surface area contributed by atoms with E-state index in [1.807, 2.05) is 4.90 Å². The Labute approximate surface area is 209 Å². The van der Waals surface area contributed by atoms with Crippen LogP contribution in [0, 0.1) is 5.92 Å². The standard InChI is InChI=1S/C19H22ClN3O5S.C2HF3O2/c1-12-5-7-23(8-6-12)18-15(19(24)25)10-14(11-21-18)22-29(26,27)17-9-13(20)3-4-16(17)28-2;3-2(4,5)1(6)7/h3-4,9-12,22H,5-8H2,1-2H3,(H,24,25);(H,6,7). The zero-order valence-electron chi connectivity index (χ0n) is 19.0. The second-order valence-corrected chi connectivity index (χ2v) is 9.86. The van der Waals surface area contributed by atoms with Crippen LogP contribution in [0.15, 0.2) is 35.4 Å². The first-order chi connectivity index (χ1) is 16.7. The lowest BCUT2D eigenvalue weighted by Gasteiger charge is -2.32. The third-order valence-electron chi connectivity index (χ3n) is 5.09. The molecule has 0 bridgehead atoms. The molecule has 1 saturated heterocycles. The van der Waals surface area contributed by atoms with Crippen LogP contribution in [-0.4, -0.2) is 61.9 Å². The van der Waals surface area contributed by atoms with Gasteiger partial charge in [0.2, 0.25) is 0 Å². The van der Waals surface area contributed by atoms with E-state index in [9.17, 15) is 31.5 Å². The lowest BCUT2D eigenvalue weighted by Crippen LogP contribution is -2.34. The molecule has 2 aromatic rings. The van der Waals surface area contributed by atoms with E-state index in [1.165, 1.54) is 37.6 Å². The van der Waals surface area contributed by atoms with E-state index in [-0.39, 0.29) is 26.9 Å². The van der Waals surface area contributed by atoms with E-state index in [0.717, 1.165) is 12.8 Å². The van der Waals surface area contributed by atoms with Gasteiger partial charge in [0, 0.05) is 18.1 Å². The van der Waals surface area contributed by atoms with Gasteiger partial charge in [-0.15, -0.1) is 0 Å². The SMILES string of the molecule is COc1ccc(Cl)cc1S(=O)(=O)Nc1cnc(N2CCC(C)CC2)c(C(=O)O)c1.O=C(O)C(F)(F)F. The molecule has 2 heterocycles. The maximum Gasteiger partial charge on any atom is 0.490 e. The number of carbonyl (C=O) groups is 2. The monoisotopic (exact) mass is 553 g/mol. The first kappa shape index (κ1) is 29.0. The van der Waals surface area contributed by atoms with Gasteiger partial charge in [-0.25, -0.2) is 23.0 Å². The molecule has 0 spiro atoms. The Morgan fingerprint density at radius 3 is 2.28 bits per heavy atom. The first-order valence-corrected chi connectivity index (χ1v) is 12.2. The molecule has 0 saturated carbocycles. The normalized spacial score (nSPS) is 14.4. The summed E-state index contributed by atoms with van der Waals surface area (Å²) in [5.74, 6) is -2.89. The van der Waals surface area contributed by atoms with Gasteiger partial charge in [-0.3, -0.25) is 4.72 Å². The van der Waals surface area contributed by atoms with Crippen LogP contribution in [0.25, 0.3) is 0 Å². The van der Waals surface area contributed by atoms with Gasteiger partial charge in [-0.05, 0) is 43.0 Å². The number of carboxylic acids is 2. The topological polar surface area (TPSA) is 146 Å². The molecular formula is C21H23ClF3N3O7S. The lowest BCUT2D eigenvalue weighted by molar-refractivity contribution is -0.192. The largest absolute Gasteiger partial charge is 0.495 e. The Bertz CT molecular complexity index is 1220. The number of anilines is 2. The molecular weight excluding hydrogens is 531 g/mol. The quantitative estimate of drug-likeness (QED) is 0.481. The minimum Gasteiger partial charge on any atom is -0.495 e. The van der Waals surface area contributed by atoms with Crippen molar-refractivity contribution in [1.82, 2.24) is 4.98 Å². The second kappa shape index (κ2) is 11.6. The van der Waals surface area contributed by atoms with E-state index in [4.69, 9.17) is 26.2 Å². The predicted molar refractivity (Wildman–Crippen MR) is 124 cm³/mol. The summed E-state index contributed by atoms with van der Waals surface area (Å²) in [7, 11) is -2.72. The van der Waals surface area contributed by atoms with Crippen LogP contribution in [0.2, 0.25) is 5.02 Å². The summed E-state index contributed by atoms with van der Waals surface area (Å²) >= 11 is 5.92. The van der Waals surface area contributed by atoms with Crippen LogP contribution in [-0.2, 0) is 14.8 Å². The number of ether oxygens (including phenoxy) is 1. The zero-order valence-corrected chi connectivity index (χ0v) is 20.6. The Balaban J connectivity index is 0.000000572. The van der Waals surface area contributed by atoms with E-state index in [2.05, 4.69) is 16.6 Å². The van der Waals surface area contributed by atoms with Crippen LogP contribution in [0.3, 0.4) is 0 Å². The summed E-state index contributed by atoms with van der Waals surface area (Å²) in [4.78, 5) is 26.7. The number of rotatable bonds is 6. The minimum absolute atomic E-state index is 0.0403. The number of benzene rings is 1. The number of aromatic nitrogens is 1. The van der Waals surface area contributed by atoms with Crippen molar-refractivity contribution in [3.8, 4) is 5.75 Å². The summed E-state index contributed by atoms with van der Waals surface area (Å²) in [5, 5.41) is 17.0. The fraction of sp³-hybridized carbons (Fsp3) is 0.381. The summed E-state index contributed by atoms with van der Waals surface area (Å²) in [5.41, 5.74) is -0.0173. The van der Waals surface area contributed by atoms with Crippen LogP contribution >= 0.6 is 11.6 Å². The highest BCUT2D eigenvalue weighted by Gasteiger charge is 2.38. The van der Waals surface area contributed by atoms with Crippen LogP contribution in [0.5, 0.6) is 5.75 Å². The predicted octanol–water partition coefficient (Wildman–Crippen LogP) is 4.11. The molecule has 0 unspecified atom stereocenters. The lowest BCUT2D eigenvalue weighted by atomic mass is 9.99. The number of pyridine rings is 1. The summed E-state index contributed by atoms with van der Waals surface area (Å²) in [6.45, 7) is 3.57. The maximum atomic E-state index is 12.8. The number of nitrogens with one attached hydrogen (secondary N) is 1. The van der Waals surface area contributed by atoms with Crippen molar-refractivity contribution in [2.24, 2.45) is 5.92 Å². The van der Waals surface area contributed by atoms with Gasteiger partial charge in [0.1, 0.15) is 22.0 Å². The molecule has 1 aliphatic heterocycles. The molecule has 0 aliphatic carbocycles. The van der Waals surface area contributed by atoms with Gasteiger partial charge in [0.15, 0.2) is 0 Å². The van der Waals surface area contributed by atoms with Crippen LogP contribution < -0.4 is 14.4 Å². The van der Waals surface area contributed by atoms with Gasteiger partial charge in [-0.1, -0.05) is 18.5 Å². The van der Waals surface area contributed by atoms with Gasteiger partial charge in [0.05, 0.1) is 19.0 Å². The Morgan fingerprint density at radius 2 is 1.78 bits per heavy atom. The number of sulfonamides is 1. The number of aliphatic carboxylic acids is 1. The van der Waals surface area contributed by atoms with Gasteiger partial charge in [-0.2, -0.15) is 13.2 Å². The molecule has 0 radical (unpaired) electrons. The number of piperidine rings is 1. The fourth-order valence-electron chi connectivity index (χ4n) is 3.21. The van der Waals surface area contributed by atoms with Gasteiger partial charge in [0.25, 0.3) is 10.0 Å². The summed E-state index contributed by atoms with van der Waals surface area (Å²) < 4.78 is 64.8. The van der Waals surface area contributed by atoms with Crippen molar-refractivity contribution in [2.75, 3.05) is 29.8 Å². The number of alkyl halides is 3. The smallest absolute Gasteiger partial charge is 0.490 e. The molecule has 3 rings (SSSR count). The Kier molecular flexibility index (Phi) is 9.38. The highest BCUT2D eigenvalue weighted by atomic mass is 35.5. The Morgan fingerprint density at radius 1 is 1.19 bits per heavy atom. The Hall–Kier alpha value is -3.26. The van der Waals surface area contributed by atoms with Crippen LogP contribution in [0.1, 0.15) is 30.1 Å². The van der Waals surface area contributed by atoms with Crippen molar-refractivity contribution < 1.29 is 46.1 Å². The number of aromatic carboxylic acids is 1. The van der Waals surface area contributed by atoms with E-state index in [1.54, 1.807) is 0 Å². The molecule has 3 N–H and O–H groups in total. The van der Waals surface area contributed by atoms with Crippen molar-refractivity contribution >= 4 is 45.1 Å². The fourth-order valence-corrected chi connectivity index (χ4v) is 4.68. The van der Waals surface area contributed by atoms with Crippen molar-refractivity contribution in [3.05, 3.63) is 41.0 Å². The molecule has 36 heavy (non-hydrogen) atoms. The molecule has 1 aromatic heterocycles. The molecule has 0 amide bonds. The minimum atomic E-state index is -5.08. The number of nitrogens with zero attached hydrogens (tertiary/aromatic N) is 2. The van der Waals surface area contributed by atoms with E-state index >= 15 is 0 Å². The first-order valence-electron chi connectivity index (χ1n) is 10.3. The average molecular weight is 554 g/mol. The van der Waals surface area contributed by atoms with E-state index < -0.39 is 28.1 Å². The molecule has 1 aliphatic rings. The molecule has 10 nitrogen and oxygen atoms in total. The third-order valence-corrected chi connectivity index (χ3v) is 6.73. The van der Waals surface area contributed by atoms with Crippen LogP contribution in [0.4, 0.5) is 24.7 Å². The number of methoxy groups -OCH3 is 1. The van der Waals surface area contributed by atoms with Crippen molar-refractivity contribution in [1.29, 1.82) is 0 Å². The number of halogens is 4. The second-order valence-electron chi connectivity index (χ2n) is 7.77. The highest BCUT2D eigenvalue weighted by molar-refractivity contribution is 7.92. The third kappa shape index (κ3) is 7.62. The number of hydrogen-bond donors (Lipinski definition) is 3. The molecule has 1 fully saturated rings. The molecule has 198 valence electrons. The summed E-state index contributed by atoms with van der Waals surface area (Å²) in [6, 6.07) is 5.49. The average Bonchev–Trinajstić information content (AvgIpc) is 2.79. The maximum absolute atomic E-state index is 12.8. The highest BCUT2D eigenvalue weighted by Crippen LogP contribution is 2.30. The molecule has 15 heteroatoms. The number of hydrogen-bond acceptors (Lipinski definition) is 7. The zero-order chi connectivity index (χ0) is 27.3. The number of carboxylic acid groups (broad SMARTS) is 2. The van der Waals surface area contributed by atoms with Crippen molar-refractivity contribution in [2.45, 2.75) is 30.8 Å².